The van der Waals surface area contributed by atoms with Gasteiger partial charge in [0.25, 0.3) is 5.91 Å². The lowest BCUT2D eigenvalue weighted by Crippen LogP contribution is -2.49. The first-order valence-electron chi connectivity index (χ1n) is 7.03. The van der Waals surface area contributed by atoms with Gasteiger partial charge in [0.15, 0.2) is 0 Å². The van der Waals surface area contributed by atoms with Gasteiger partial charge < -0.3 is 14.4 Å². The van der Waals surface area contributed by atoms with Gasteiger partial charge in [0, 0.05) is 45.6 Å². The average molecular weight is 339 g/mol. The molecule has 0 spiro atoms. The molecule has 1 saturated heterocycles. The number of halogens is 2. The molecule has 3 rings (SSSR count). The smallest absolute Gasteiger partial charge is 0.255 e. The lowest BCUT2D eigenvalue weighted by molar-refractivity contribution is 0.0746. The van der Waals surface area contributed by atoms with Crippen LogP contribution < -0.4 is 4.90 Å². The molecule has 1 fully saturated rings. The Kier molecular flexibility index (Phi) is 4.27. The van der Waals surface area contributed by atoms with Crippen LogP contribution in [0.2, 0.25) is 10.0 Å². The molecule has 0 unspecified atom stereocenters. The summed E-state index contributed by atoms with van der Waals surface area (Å²) in [6.07, 6.45) is 3.69. The molecule has 1 aliphatic rings. The summed E-state index contributed by atoms with van der Waals surface area (Å²) in [6.45, 7) is 2.76. The average Bonchev–Trinajstić information content (AvgIpc) is 2.96. The van der Waals surface area contributed by atoms with Crippen molar-refractivity contribution in [2.75, 3.05) is 31.1 Å². The van der Waals surface area contributed by atoms with Crippen LogP contribution in [0, 0.1) is 0 Å². The van der Waals surface area contributed by atoms with E-state index in [1.165, 1.54) is 0 Å². The number of aryl methyl sites for hydroxylation is 1. The van der Waals surface area contributed by atoms with Gasteiger partial charge in [0.2, 0.25) is 5.95 Å². The number of hydrogen-bond donors (Lipinski definition) is 0. The second-order valence-corrected chi connectivity index (χ2v) is 6.00. The van der Waals surface area contributed by atoms with Crippen LogP contribution in [0.25, 0.3) is 0 Å². The minimum Gasteiger partial charge on any atom is -0.339 e. The SMILES string of the molecule is Cn1ccnc1N1CCN(C(=O)c2cccc(Cl)c2Cl)CC1. The Bertz CT molecular complexity index is 693. The number of carbonyl (C=O) groups excluding carboxylic acids is 1. The maximum atomic E-state index is 12.6. The number of anilines is 1. The Morgan fingerprint density at radius 1 is 1.18 bits per heavy atom. The first-order chi connectivity index (χ1) is 10.6. The van der Waals surface area contributed by atoms with Crippen LogP contribution in [0.3, 0.4) is 0 Å². The predicted molar refractivity (Wildman–Crippen MR) is 87.8 cm³/mol. The summed E-state index contributed by atoms with van der Waals surface area (Å²) in [5.74, 6) is 0.847. The zero-order valence-corrected chi connectivity index (χ0v) is 13.7. The van der Waals surface area contributed by atoms with Crippen LogP contribution in [0.4, 0.5) is 5.95 Å². The van der Waals surface area contributed by atoms with E-state index in [4.69, 9.17) is 23.2 Å². The van der Waals surface area contributed by atoms with Crippen LogP contribution >= 0.6 is 23.2 Å². The normalized spacial score (nSPS) is 15.2. The van der Waals surface area contributed by atoms with E-state index >= 15 is 0 Å². The van der Waals surface area contributed by atoms with Crippen molar-refractivity contribution in [3.05, 3.63) is 46.2 Å². The van der Waals surface area contributed by atoms with Gasteiger partial charge in [-0.15, -0.1) is 0 Å². The van der Waals surface area contributed by atoms with Crippen molar-refractivity contribution in [3.63, 3.8) is 0 Å². The molecule has 1 aromatic heterocycles. The molecule has 0 aliphatic carbocycles. The summed E-state index contributed by atoms with van der Waals surface area (Å²) < 4.78 is 1.98. The summed E-state index contributed by atoms with van der Waals surface area (Å²) in [5, 5.41) is 0.722. The number of amides is 1. The molecule has 1 aromatic carbocycles. The van der Waals surface area contributed by atoms with Crippen molar-refractivity contribution in [1.82, 2.24) is 14.5 Å². The third-order valence-corrected chi connectivity index (χ3v) is 4.65. The van der Waals surface area contributed by atoms with Gasteiger partial charge in [-0.2, -0.15) is 0 Å². The van der Waals surface area contributed by atoms with E-state index in [1.807, 2.05) is 17.8 Å². The number of imidazole rings is 1. The Labute approximate surface area is 139 Å². The van der Waals surface area contributed by atoms with Gasteiger partial charge in [-0.1, -0.05) is 29.3 Å². The molecule has 0 atom stereocenters. The number of rotatable bonds is 2. The standard InChI is InChI=1S/C15H16Cl2N4O/c1-19-6-5-18-15(19)21-9-7-20(8-10-21)14(22)11-3-2-4-12(16)13(11)17/h2-6H,7-10H2,1H3. The van der Waals surface area contributed by atoms with Crippen molar-refractivity contribution in [1.29, 1.82) is 0 Å². The molecule has 2 heterocycles. The van der Waals surface area contributed by atoms with Gasteiger partial charge in [-0.05, 0) is 12.1 Å². The Morgan fingerprint density at radius 3 is 2.55 bits per heavy atom. The molecule has 1 amide bonds. The lowest BCUT2D eigenvalue weighted by atomic mass is 10.2. The zero-order chi connectivity index (χ0) is 15.7. The Hall–Kier alpha value is -1.72. The van der Waals surface area contributed by atoms with Crippen LogP contribution in [0.15, 0.2) is 30.6 Å². The van der Waals surface area contributed by atoms with Gasteiger partial charge in [0.05, 0.1) is 15.6 Å². The molecule has 2 aromatic rings. The molecule has 0 saturated carbocycles. The summed E-state index contributed by atoms with van der Waals surface area (Å²) in [4.78, 5) is 20.9. The van der Waals surface area contributed by atoms with Crippen molar-refractivity contribution in [3.8, 4) is 0 Å². The Morgan fingerprint density at radius 2 is 1.91 bits per heavy atom. The van der Waals surface area contributed by atoms with E-state index in [0.29, 0.717) is 28.7 Å². The van der Waals surface area contributed by atoms with Crippen LogP contribution in [-0.2, 0) is 7.05 Å². The van der Waals surface area contributed by atoms with E-state index in [-0.39, 0.29) is 5.91 Å². The molecular formula is C15H16Cl2N4O. The van der Waals surface area contributed by atoms with E-state index in [9.17, 15) is 4.79 Å². The number of nitrogens with zero attached hydrogens (tertiary/aromatic N) is 4. The summed E-state index contributed by atoms with van der Waals surface area (Å²) >= 11 is 12.1. The molecule has 0 N–H and O–H groups in total. The number of aromatic nitrogens is 2. The van der Waals surface area contributed by atoms with Gasteiger partial charge in [0.1, 0.15) is 0 Å². The van der Waals surface area contributed by atoms with E-state index in [1.54, 1.807) is 29.3 Å². The highest BCUT2D eigenvalue weighted by molar-refractivity contribution is 6.43. The fourth-order valence-electron chi connectivity index (χ4n) is 2.61. The second kappa shape index (κ2) is 6.18. The molecule has 22 heavy (non-hydrogen) atoms. The number of benzene rings is 1. The third-order valence-electron chi connectivity index (χ3n) is 3.83. The molecule has 0 bridgehead atoms. The van der Waals surface area contributed by atoms with Crippen molar-refractivity contribution < 1.29 is 4.79 Å². The maximum Gasteiger partial charge on any atom is 0.255 e. The fourth-order valence-corrected chi connectivity index (χ4v) is 2.99. The zero-order valence-electron chi connectivity index (χ0n) is 12.2. The summed E-state index contributed by atoms with van der Waals surface area (Å²) in [7, 11) is 1.96. The van der Waals surface area contributed by atoms with E-state index in [2.05, 4.69) is 9.88 Å². The quantitative estimate of drug-likeness (QED) is 0.845. The third kappa shape index (κ3) is 2.78. The molecule has 1 aliphatic heterocycles. The van der Waals surface area contributed by atoms with Gasteiger partial charge in [-0.3, -0.25) is 4.79 Å². The number of piperazine rings is 1. The summed E-state index contributed by atoms with van der Waals surface area (Å²) in [6, 6.07) is 5.13. The predicted octanol–water partition coefficient (Wildman–Crippen LogP) is 2.69. The monoisotopic (exact) mass is 338 g/mol. The van der Waals surface area contributed by atoms with Gasteiger partial charge in [-0.25, -0.2) is 4.98 Å². The molecule has 116 valence electrons. The molecular weight excluding hydrogens is 323 g/mol. The largest absolute Gasteiger partial charge is 0.339 e. The number of hydrogen-bond acceptors (Lipinski definition) is 3. The van der Waals surface area contributed by atoms with Crippen LogP contribution in [0.1, 0.15) is 10.4 Å². The highest BCUT2D eigenvalue weighted by atomic mass is 35.5. The molecule has 0 radical (unpaired) electrons. The van der Waals surface area contributed by atoms with Crippen LogP contribution in [-0.4, -0.2) is 46.5 Å². The minimum atomic E-state index is -0.0769. The van der Waals surface area contributed by atoms with E-state index in [0.717, 1.165) is 19.0 Å². The maximum absolute atomic E-state index is 12.6. The molecule has 7 heteroatoms. The van der Waals surface area contributed by atoms with E-state index < -0.39 is 0 Å². The van der Waals surface area contributed by atoms with Crippen molar-refractivity contribution in [2.24, 2.45) is 7.05 Å². The van der Waals surface area contributed by atoms with Crippen molar-refractivity contribution in [2.45, 2.75) is 0 Å². The second-order valence-electron chi connectivity index (χ2n) is 5.22. The van der Waals surface area contributed by atoms with Gasteiger partial charge >= 0.3 is 0 Å². The first kappa shape index (κ1) is 15.2. The molecule has 5 nitrogen and oxygen atoms in total. The highest BCUT2D eigenvalue weighted by Gasteiger charge is 2.25. The van der Waals surface area contributed by atoms with Crippen molar-refractivity contribution >= 4 is 35.1 Å². The fraction of sp³-hybridized carbons (Fsp3) is 0.333. The lowest BCUT2D eigenvalue weighted by Gasteiger charge is -2.35. The topological polar surface area (TPSA) is 41.4 Å². The Balaban J connectivity index is 1.70. The minimum absolute atomic E-state index is 0.0769. The highest BCUT2D eigenvalue weighted by Crippen LogP contribution is 2.27. The number of carbonyl (C=O) groups is 1. The summed E-state index contributed by atoms with van der Waals surface area (Å²) in [5.41, 5.74) is 0.458. The van der Waals surface area contributed by atoms with Crippen LogP contribution in [0.5, 0.6) is 0 Å². The first-order valence-corrected chi connectivity index (χ1v) is 7.79.